The van der Waals surface area contributed by atoms with E-state index in [0.717, 1.165) is 47.5 Å². The summed E-state index contributed by atoms with van der Waals surface area (Å²) in [6.45, 7) is 8.25. The summed E-state index contributed by atoms with van der Waals surface area (Å²) in [6.07, 6.45) is 0. The van der Waals surface area contributed by atoms with Crippen LogP contribution in [-0.2, 0) is 0 Å². The Morgan fingerprint density at radius 3 is 1.54 bits per heavy atom. The number of aromatic nitrogens is 2. The van der Waals surface area contributed by atoms with Crippen molar-refractivity contribution in [1.82, 2.24) is 9.97 Å². The van der Waals surface area contributed by atoms with E-state index in [1.54, 1.807) is 22.7 Å². The van der Waals surface area contributed by atoms with Crippen molar-refractivity contribution in [2.75, 3.05) is 36.0 Å². The third kappa shape index (κ3) is 2.83. The van der Waals surface area contributed by atoms with E-state index >= 15 is 0 Å². The zero-order valence-corrected chi connectivity index (χ0v) is 16.5. The molecule has 2 aromatic carbocycles. The minimum absolute atomic E-state index is 0.994. The molecule has 5 rings (SSSR count). The molecule has 0 bridgehead atoms. The molecular weight excluding hydrogens is 360 g/mol. The number of aryl methyl sites for hydroxylation is 2. The third-order valence-corrected chi connectivity index (χ3v) is 7.04. The van der Waals surface area contributed by atoms with Gasteiger partial charge in [-0.25, -0.2) is 9.97 Å². The predicted octanol–water partition coefficient (Wildman–Crippen LogP) is 4.85. The van der Waals surface area contributed by atoms with Crippen LogP contribution in [-0.4, -0.2) is 36.1 Å². The summed E-state index contributed by atoms with van der Waals surface area (Å²) in [5.41, 5.74) is 4.81. The number of hydrogen-bond acceptors (Lipinski definition) is 6. The molecule has 4 nitrogen and oxygen atoms in total. The second-order valence-electron chi connectivity index (χ2n) is 6.91. The Bertz CT molecular complexity index is 1000. The van der Waals surface area contributed by atoms with Gasteiger partial charge < -0.3 is 9.80 Å². The lowest BCUT2D eigenvalue weighted by atomic mass is 10.2. The van der Waals surface area contributed by atoms with Crippen molar-refractivity contribution in [3.8, 4) is 0 Å². The monoisotopic (exact) mass is 380 g/mol. The summed E-state index contributed by atoms with van der Waals surface area (Å²) in [5.74, 6) is 0. The van der Waals surface area contributed by atoms with Gasteiger partial charge in [-0.05, 0) is 49.2 Å². The first kappa shape index (κ1) is 16.0. The quantitative estimate of drug-likeness (QED) is 0.498. The van der Waals surface area contributed by atoms with Crippen LogP contribution < -0.4 is 9.80 Å². The van der Waals surface area contributed by atoms with Crippen LogP contribution in [0.1, 0.15) is 11.1 Å². The summed E-state index contributed by atoms with van der Waals surface area (Å²) >= 11 is 3.61. The van der Waals surface area contributed by atoms with E-state index in [1.165, 1.54) is 20.5 Å². The SMILES string of the molecule is Cc1ccc2nc(N3CCN(c4nc5ccc(C)cc5s4)CC3)sc2c1. The summed E-state index contributed by atoms with van der Waals surface area (Å²) in [4.78, 5) is 14.5. The van der Waals surface area contributed by atoms with Gasteiger partial charge in [0.2, 0.25) is 0 Å². The van der Waals surface area contributed by atoms with Crippen molar-refractivity contribution in [2.45, 2.75) is 13.8 Å². The summed E-state index contributed by atoms with van der Waals surface area (Å²) in [6, 6.07) is 13.0. The molecule has 1 aliphatic heterocycles. The summed E-state index contributed by atoms with van der Waals surface area (Å²) in [7, 11) is 0. The third-order valence-electron chi connectivity index (χ3n) is 4.89. The number of benzene rings is 2. The first-order chi connectivity index (χ1) is 12.7. The van der Waals surface area contributed by atoms with E-state index in [-0.39, 0.29) is 0 Å². The Labute approximate surface area is 160 Å². The maximum Gasteiger partial charge on any atom is 0.186 e. The van der Waals surface area contributed by atoms with E-state index in [4.69, 9.17) is 9.97 Å². The van der Waals surface area contributed by atoms with Gasteiger partial charge in [0.05, 0.1) is 20.4 Å². The number of rotatable bonds is 2. The fourth-order valence-electron chi connectivity index (χ4n) is 3.40. The minimum atomic E-state index is 0.994. The zero-order valence-electron chi connectivity index (χ0n) is 14.9. The van der Waals surface area contributed by atoms with E-state index in [9.17, 15) is 0 Å². The summed E-state index contributed by atoms with van der Waals surface area (Å²) < 4.78 is 2.56. The van der Waals surface area contributed by atoms with E-state index in [2.05, 4.69) is 60.0 Å². The lowest BCUT2D eigenvalue weighted by Crippen LogP contribution is -2.46. The van der Waals surface area contributed by atoms with Gasteiger partial charge in [0, 0.05) is 26.2 Å². The van der Waals surface area contributed by atoms with Crippen molar-refractivity contribution in [3.63, 3.8) is 0 Å². The Morgan fingerprint density at radius 1 is 0.692 bits per heavy atom. The largest absolute Gasteiger partial charge is 0.345 e. The second-order valence-corrected chi connectivity index (χ2v) is 8.93. The Morgan fingerprint density at radius 2 is 1.12 bits per heavy atom. The Balaban J connectivity index is 1.34. The molecule has 0 N–H and O–H groups in total. The average molecular weight is 381 g/mol. The molecule has 0 atom stereocenters. The first-order valence-corrected chi connectivity index (χ1v) is 10.5. The molecule has 0 radical (unpaired) electrons. The lowest BCUT2D eigenvalue weighted by Gasteiger charge is -2.34. The van der Waals surface area contributed by atoms with Gasteiger partial charge in [-0.3, -0.25) is 0 Å². The molecule has 3 heterocycles. The topological polar surface area (TPSA) is 32.3 Å². The number of thiazole rings is 2. The van der Waals surface area contributed by atoms with Gasteiger partial charge in [0.15, 0.2) is 10.3 Å². The van der Waals surface area contributed by atoms with Gasteiger partial charge in [0.1, 0.15) is 0 Å². The first-order valence-electron chi connectivity index (χ1n) is 8.90. The van der Waals surface area contributed by atoms with Crippen LogP contribution in [0.2, 0.25) is 0 Å². The molecule has 1 aliphatic rings. The van der Waals surface area contributed by atoms with Gasteiger partial charge in [-0.15, -0.1) is 0 Å². The highest BCUT2D eigenvalue weighted by atomic mass is 32.1. The van der Waals surface area contributed by atoms with E-state index in [1.807, 2.05) is 0 Å². The number of hydrogen-bond donors (Lipinski definition) is 0. The van der Waals surface area contributed by atoms with Crippen LogP contribution in [0.15, 0.2) is 36.4 Å². The molecule has 132 valence electrons. The van der Waals surface area contributed by atoms with E-state index < -0.39 is 0 Å². The molecular formula is C20H20N4S2. The number of anilines is 2. The molecule has 2 aromatic heterocycles. The van der Waals surface area contributed by atoms with Crippen molar-refractivity contribution < 1.29 is 0 Å². The fourth-order valence-corrected chi connectivity index (χ4v) is 5.63. The molecule has 0 unspecified atom stereocenters. The van der Waals surface area contributed by atoms with Crippen molar-refractivity contribution in [3.05, 3.63) is 47.5 Å². The lowest BCUT2D eigenvalue weighted by molar-refractivity contribution is 0.651. The van der Waals surface area contributed by atoms with Crippen molar-refractivity contribution in [2.24, 2.45) is 0 Å². The van der Waals surface area contributed by atoms with Crippen LogP contribution in [0.25, 0.3) is 20.4 Å². The molecule has 0 saturated carbocycles. The van der Waals surface area contributed by atoms with Crippen LogP contribution >= 0.6 is 22.7 Å². The number of piperazine rings is 1. The minimum Gasteiger partial charge on any atom is -0.345 e. The van der Waals surface area contributed by atoms with Crippen LogP contribution in [0.3, 0.4) is 0 Å². The second kappa shape index (κ2) is 6.21. The van der Waals surface area contributed by atoms with Crippen LogP contribution in [0.4, 0.5) is 10.3 Å². The molecule has 0 aliphatic carbocycles. The number of fused-ring (bicyclic) bond motifs is 2. The highest BCUT2D eigenvalue weighted by Gasteiger charge is 2.22. The fraction of sp³-hybridized carbons (Fsp3) is 0.300. The highest BCUT2D eigenvalue weighted by Crippen LogP contribution is 2.33. The maximum absolute atomic E-state index is 4.83. The van der Waals surface area contributed by atoms with Crippen LogP contribution in [0, 0.1) is 13.8 Å². The summed E-state index contributed by atoms with van der Waals surface area (Å²) in [5, 5.41) is 2.29. The van der Waals surface area contributed by atoms with Gasteiger partial charge in [0.25, 0.3) is 0 Å². The normalized spacial score (nSPS) is 15.3. The number of nitrogens with zero attached hydrogens (tertiary/aromatic N) is 4. The van der Waals surface area contributed by atoms with E-state index in [0.29, 0.717) is 0 Å². The maximum atomic E-state index is 4.83. The van der Waals surface area contributed by atoms with Crippen molar-refractivity contribution in [1.29, 1.82) is 0 Å². The smallest absolute Gasteiger partial charge is 0.186 e. The highest BCUT2D eigenvalue weighted by molar-refractivity contribution is 7.22. The van der Waals surface area contributed by atoms with Gasteiger partial charge in [-0.1, -0.05) is 34.8 Å². The molecule has 1 saturated heterocycles. The molecule has 1 fully saturated rings. The molecule has 0 spiro atoms. The van der Waals surface area contributed by atoms with Crippen LogP contribution in [0.5, 0.6) is 0 Å². The molecule has 26 heavy (non-hydrogen) atoms. The predicted molar refractivity (Wildman–Crippen MR) is 113 cm³/mol. The Hall–Kier alpha value is -2.18. The van der Waals surface area contributed by atoms with Gasteiger partial charge >= 0.3 is 0 Å². The Kier molecular flexibility index (Phi) is 3.83. The molecule has 4 aromatic rings. The molecule has 0 amide bonds. The van der Waals surface area contributed by atoms with Gasteiger partial charge in [-0.2, -0.15) is 0 Å². The standard InChI is InChI=1S/C20H20N4S2/c1-13-3-5-15-17(11-13)25-19(21-15)23-7-9-24(10-8-23)20-22-16-6-4-14(2)12-18(16)26-20/h3-6,11-12H,7-10H2,1-2H3. The zero-order chi connectivity index (χ0) is 17.7. The average Bonchev–Trinajstić information content (AvgIpc) is 3.25. The van der Waals surface area contributed by atoms with Crippen molar-refractivity contribution >= 4 is 53.4 Å². The molecule has 6 heteroatoms.